The first-order valence-electron chi connectivity index (χ1n) is 4.18. The van der Waals surface area contributed by atoms with E-state index in [-0.39, 0.29) is 0 Å². The lowest BCUT2D eigenvalue weighted by Crippen LogP contribution is -2.07. The largest absolute Gasteiger partial charge is 0.382 e. The highest BCUT2D eigenvalue weighted by molar-refractivity contribution is 7.99. The molecule has 5 heteroatoms. The van der Waals surface area contributed by atoms with Crippen molar-refractivity contribution in [2.75, 3.05) is 23.9 Å². The third-order valence-corrected chi connectivity index (χ3v) is 3.32. The van der Waals surface area contributed by atoms with Gasteiger partial charge < -0.3 is 11.1 Å². The topological polar surface area (TPSA) is 50.9 Å². The minimum atomic E-state index is 0.637. The smallest absolute Gasteiger partial charge is 0.153 e. The molecule has 0 atom stereocenters. The fraction of sp³-hybridized carbons (Fsp3) is 0.625. The van der Waals surface area contributed by atoms with E-state index in [9.17, 15) is 0 Å². The molecular weight excluding hydrogens is 202 g/mol. The van der Waals surface area contributed by atoms with Crippen LogP contribution in [0.25, 0.3) is 0 Å². The number of hydrogen-bond acceptors (Lipinski definition) is 5. The second-order valence-corrected chi connectivity index (χ2v) is 4.79. The van der Waals surface area contributed by atoms with Crippen molar-refractivity contribution in [1.29, 1.82) is 0 Å². The van der Waals surface area contributed by atoms with Gasteiger partial charge in [-0.3, -0.25) is 0 Å². The lowest BCUT2D eigenvalue weighted by Gasteiger charge is -2.07. The molecule has 0 amide bonds. The number of aromatic nitrogens is 1. The predicted octanol–water partition coefficient (Wildman–Crippen LogP) is 2.52. The van der Waals surface area contributed by atoms with Gasteiger partial charge in [0.1, 0.15) is 5.00 Å². The third kappa shape index (κ3) is 2.77. The van der Waals surface area contributed by atoms with Crippen LogP contribution >= 0.6 is 23.3 Å². The van der Waals surface area contributed by atoms with Gasteiger partial charge in [-0.1, -0.05) is 13.8 Å². The Hall–Kier alpha value is -0.420. The van der Waals surface area contributed by atoms with Crippen LogP contribution in [-0.2, 0) is 0 Å². The second-order valence-electron chi connectivity index (χ2n) is 3.20. The molecule has 0 spiro atoms. The summed E-state index contributed by atoms with van der Waals surface area (Å²) in [6, 6.07) is 0. The minimum Gasteiger partial charge on any atom is -0.382 e. The lowest BCUT2D eigenvalue weighted by molar-refractivity contribution is 0.689. The SMILES string of the molecule is CSc1c(N)nsc1NCC(C)C. The van der Waals surface area contributed by atoms with E-state index in [1.54, 1.807) is 11.8 Å². The number of rotatable bonds is 4. The zero-order valence-electron chi connectivity index (χ0n) is 8.13. The number of anilines is 2. The van der Waals surface area contributed by atoms with E-state index in [0.29, 0.717) is 11.7 Å². The van der Waals surface area contributed by atoms with Gasteiger partial charge in [0, 0.05) is 6.54 Å². The summed E-state index contributed by atoms with van der Waals surface area (Å²) in [5.74, 6) is 1.28. The van der Waals surface area contributed by atoms with Crippen LogP contribution in [0.4, 0.5) is 10.8 Å². The van der Waals surface area contributed by atoms with Gasteiger partial charge in [-0.15, -0.1) is 11.8 Å². The molecule has 0 aromatic carbocycles. The quantitative estimate of drug-likeness (QED) is 0.761. The number of thioether (sulfide) groups is 1. The van der Waals surface area contributed by atoms with Crippen molar-refractivity contribution in [3.63, 3.8) is 0 Å². The van der Waals surface area contributed by atoms with Crippen LogP contribution in [-0.4, -0.2) is 17.2 Å². The van der Waals surface area contributed by atoms with E-state index in [2.05, 4.69) is 23.5 Å². The first-order valence-corrected chi connectivity index (χ1v) is 6.18. The molecule has 0 unspecified atom stereocenters. The summed E-state index contributed by atoms with van der Waals surface area (Å²) in [6.45, 7) is 5.32. The first kappa shape index (κ1) is 10.7. The number of hydrogen-bond donors (Lipinski definition) is 2. The maximum atomic E-state index is 5.70. The van der Waals surface area contributed by atoms with Crippen molar-refractivity contribution in [2.45, 2.75) is 18.7 Å². The molecule has 0 aliphatic rings. The molecule has 0 bridgehead atoms. The van der Waals surface area contributed by atoms with Gasteiger partial charge >= 0.3 is 0 Å². The molecule has 0 radical (unpaired) electrons. The molecule has 1 heterocycles. The number of nitrogens with two attached hydrogens (primary N) is 1. The summed E-state index contributed by atoms with van der Waals surface area (Å²) in [5, 5.41) is 4.44. The van der Waals surface area contributed by atoms with E-state index in [1.165, 1.54) is 11.5 Å². The molecule has 13 heavy (non-hydrogen) atoms. The molecule has 1 aromatic heterocycles. The van der Waals surface area contributed by atoms with Crippen molar-refractivity contribution in [3.8, 4) is 0 Å². The van der Waals surface area contributed by atoms with Gasteiger partial charge in [-0.05, 0) is 23.7 Å². The fourth-order valence-electron chi connectivity index (χ4n) is 0.901. The predicted molar refractivity (Wildman–Crippen MR) is 61.6 cm³/mol. The molecule has 0 saturated carbocycles. The average Bonchev–Trinajstić information content (AvgIpc) is 2.42. The normalized spacial score (nSPS) is 10.8. The number of nitrogens with zero attached hydrogens (tertiary/aromatic N) is 1. The molecular formula is C8H15N3S2. The number of nitrogens with one attached hydrogen (secondary N) is 1. The van der Waals surface area contributed by atoms with Crippen LogP contribution in [0.2, 0.25) is 0 Å². The van der Waals surface area contributed by atoms with Gasteiger partial charge in [0.15, 0.2) is 5.82 Å². The zero-order valence-corrected chi connectivity index (χ0v) is 9.76. The highest BCUT2D eigenvalue weighted by Gasteiger charge is 2.09. The number of nitrogen functional groups attached to an aromatic ring is 1. The maximum Gasteiger partial charge on any atom is 0.153 e. The molecule has 0 fully saturated rings. The molecule has 1 rings (SSSR count). The average molecular weight is 217 g/mol. The summed E-state index contributed by atoms with van der Waals surface area (Å²) in [5.41, 5.74) is 5.70. The van der Waals surface area contributed by atoms with Crippen LogP contribution < -0.4 is 11.1 Å². The van der Waals surface area contributed by atoms with Crippen molar-refractivity contribution < 1.29 is 0 Å². The van der Waals surface area contributed by atoms with E-state index in [0.717, 1.165) is 16.4 Å². The summed E-state index contributed by atoms with van der Waals surface area (Å²) in [4.78, 5) is 1.07. The standard InChI is InChI=1S/C8H15N3S2/c1-5(2)4-10-8-6(12-3)7(9)11-13-8/h5,10H,4H2,1-3H3,(H2,9,11). The minimum absolute atomic E-state index is 0.637. The van der Waals surface area contributed by atoms with E-state index in [4.69, 9.17) is 5.73 Å². The molecule has 0 aliphatic carbocycles. The molecule has 3 N–H and O–H groups in total. The molecule has 74 valence electrons. The Morgan fingerprint density at radius 1 is 1.62 bits per heavy atom. The summed E-state index contributed by atoms with van der Waals surface area (Å²) < 4.78 is 4.10. The van der Waals surface area contributed by atoms with Gasteiger partial charge in [-0.25, -0.2) is 0 Å². The Kier molecular flexibility index (Phi) is 3.87. The van der Waals surface area contributed by atoms with Gasteiger partial charge in [0.2, 0.25) is 0 Å². The zero-order chi connectivity index (χ0) is 9.84. The molecule has 0 aliphatic heterocycles. The maximum absolute atomic E-state index is 5.70. The van der Waals surface area contributed by atoms with Gasteiger partial charge in [-0.2, -0.15) is 4.37 Å². The van der Waals surface area contributed by atoms with Gasteiger partial charge in [0.25, 0.3) is 0 Å². The van der Waals surface area contributed by atoms with Crippen molar-refractivity contribution >= 4 is 34.1 Å². The summed E-state index contributed by atoms with van der Waals surface area (Å²) >= 11 is 3.08. The first-order chi connectivity index (χ1) is 6.15. The van der Waals surface area contributed by atoms with E-state index in [1.807, 2.05) is 6.26 Å². The molecule has 3 nitrogen and oxygen atoms in total. The Labute approximate surface area is 87.3 Å². The van der Waals surface area contributed by atoms with Crippen LogP contribution in [0.5, 0.6) is 0 Å². The Morgan fingerprint density at radius 2 is 2.31 bits per heavy atom. The Balaban J connectivity index is 2.65. The highest BCUT2D eigenvalue weighted by atomic mass is 32.2. The monoisotopic (exact) mass is 217 g/mol. The van der Waals surface area contributed by atoms with E-state index < -0.39 is 0 Å². The third-order valence-electron chi connectivity index (χ3n) is 1.55. The highest BCUT2D eigenvalue weighted by Crippen LogP contribution is 2.34. The molecule has 1 aromatic rings. The second kappa shape index (κ2) is 4.72. The van der Waals surface area contributed by atoms with Crippen molar-refractivity contribution in [2.24, 2.45) is 5.92 Å². The van der Waals surface area contributed by atoms with Crippen LogP contribution in [0.3, 0.4) is 0 Å². The van der Waals surface area contributed by atoms with Gasteiger partial charge in [0.05, 0.1) is 4.90 Å². The van der Waals surface area contributed by atoms with Crippen molar-refractivity contribution in [3.05, 3.63) is 0 Å². The summed E-state index contributed by atoms with van der Waals surface area (Å²) in [6.07, 6.45) is 2.01. The lowest BCUT2D eigenvalue weighted by atomic mass is 10.2. The van der Waals surface area contributed by atoms with E-state index >= 15 is 0 Å². The summed E-state index contributed by atoms with van der Waals surface area (Å²) in [7, 11) is 0. The van der Waals surface area contributed by atoms with Crippen LogP contribution in [0.15, 0.2) is 4.90 Å². The van der Waals surface area contributed by atoms with Crippen molar-refractivity contribution in [1.82, 2.24) is 4.37 Å². The fourth-order valence-corrected chi connectivity index (χ4v) is 2.45. The van der Waals surface area contributed by atoms with Crippen LogP contribution in [0, 0.1) is 5.92 Å². The Morgan fingerprint density at radius 3 is 2.85 bits per heavy atom. The Bertz CT molecular complexity index is 270. The van der Waals surface area contributed by atoms with Crippen LogP contribution in [0.1, 0.15) is 13.8 Å². The molecule has 0 saturated heterocycles.